The zero-order valence-corrected chi connectivity index (χ0v) is 10.5. The third kappa shape index (κ3) is 3.54. The molecular weight excluding hydrogens is 270 g/mol. The van der Waals surface area contributed by atoms with Crippen molar-refractivity contribution in [3.05, 3.63) is 28.0 Å². The number of ether oxygens (including phenoxy) is 1. The molecule has 0 saturated carbocycles. The summed E-state index contributed by atoms with van der Waals surface area (Å²) in [7, 11) is 1.36. The molecule has 0 bridgehead atoms. The molecule has 1 aromatic rings. The zero-order valence-electron chi connectivity index (χ0n) is 8.97. The molecule has 7 heteroatoms. The molecular formula is C10H11Cl2FN2O2. The fraction of sp³-hybridized carbons (Fsp3) is 0.300. The Bertz CT molecular complexity index is 402. The average molecular weight is 281 g/mol. The van der Waals surface area contributed by atoms with Crippen molar-refractivity contribution in [1.29, 1.82) is 0 Å². The minimum atomic E-state index is -0.780. The van der Waals surface area contributed by atoms with E-state index in [1.54, 1.807) is 0 Å². The van der Waals surface area contributed by atoms with Gasteiger partial charge < -0.3 is 15.8 Å². The van der Waals surface area contributed by atoms with Crippen LogP contribution in [-0.2, 0) is 9.53 Å². The Kier molecular flexibility index (Phi) is 5.14. The molecule has 1 rings (SSSR count). The van der Waals surface area contributed by atoms with Crippen LogP contribution in [0.3, 0.4) is 0 Å². The molecule has 0 aliphatic heterocycles. The van der Waals surface area contributed by atoms with Gasteiger partial charge in [-0.05, 0) is 12.1 Å². The molecule has 94 valence electrons. The maximum atomic E-state index is 13.1. The summed E-state index contributed by atoms with van der Waals surface area (Å²) >= 11 is 11.2. The van der Waals surface area contributed by atoms with Crippen molar-refractivity contribution in [3.8, 4) is 0 Å². The molecule has 1 amide bonds. The second-order valence-electron chi connectivity index (χ2n) is 3.20. The molecule has 0 radical (unpaired) electrons. The highest BCUT2D eigenvalue weighted by atomic mass is 35.5. The van der Waals surface area contributed by atoms with Crippen molar-refractivity contribution in [2.45, 2.75) is 6.10 Å². The van der Waals surface area contributed by atoms with Crippen molar-refractivity contribution in [2.75, 3.05) is 19.0 Å². The van der Waals surface area contributed by atoms with Crippen LogP contribution in [0.15, 0.2) is 12.1 Å². The monoisotopic (exact) mass is 280 g/mol. The van der Waals surface area contributed by atoms with Gasteiger partial charge in [0.2, 0.25) is 0 Å². The maximum absolute atomic E-state index is 13.1. The molecule has 0 aliphatic carbocycles. The number of hydrogen-bond donors (Lipinski definition) is 2. The standard InChI is InChI=1S/C10H11Cl2FN2O2/c1-17-8(4-14)10(16)15-5-2-6(11)9(13)7(12)3-5/h2-3,8H,4,14H2,1H3,(H,15,16). The van der Waals surface area contributed by atoms with E-state index >= 15 is 0 Å². The Morgan fingerprint density at radius 3 is 2.47 bits per heavy atom. The molecule has 0 saturated heterocycles. The van der Waals surface area contributed by atoms with E-state index in [4.69, 9.17) is 33.7 Å². The summed E-state index contributed by atoms with van der Waals surface area (Å²) in [6.45, 7) is 0.0327. The van der Waals surface area contributed by atoms with E-state index in [0.717, 1.165) is 0 Å². The fourth-order valence-electron chi connectivity index (χ4n) is 1.16. The average Bonchev–Trinajstić information content (AvgIpc) is 2.27. The van der Waals surface area contributed by atoms with E-state index in [9.17, 15) is 9.18 Å². The number of anilines is 1. The molecule has 1 aromatic carbocycles. The van der Waals surface area contributed by atoms with Crippen LogP contribution < -0.4 is 11.1 Å². The third-order valence-corrected chi connectivity index (χ3v) is 2.59. The minimum absolute atomic E-state index is 0.0327. The van der Waals surface area contributed by atoms with E-state index in [2.05, 4.69) is 5.32 Å². The maximum Gasteiger partial charge on any atom is 0.254 e. The number of rotatable bonds is 4. The number of hydrogen-bond acceptors (Lipinski definition) is 3. The van der Waals surface area contributed by atoms with Gasteiger partial charge in [0.1, 0.15) is 6.10 Å². The summed E-state index contributed by atoms with van der Waals surface area (Å²) in [5.74, 6) is -1.18. The van der Waals surface area contributed by atoms with Crippen molar-refractivity contribution in [2.24, 2.45) is 5.73 Å². The number of carbonyl (C=O) groups excluding carboxylic acids is 1. The second kappa shape index (κ2) is 6.16. The summed E-state index contributed by atoms with van der Waals surface area (Å²) in [4.78, 5) is 11.6. The van der Waals surface area contributed by atoms with Crippen LogP contribution in [0.5, 0.6) is 0 Å². The van der Waals surface area contributed by atoms with Gasteiger partial charge in [0.25, 0.3) is 5.91 Å². The Labute approximate surface area is 108 Å². The first-order valence-electron chi connectivity index (χ1n) is 4.67. The predicted octanol–water partition coefficient (Wildman–Crippen LogP) is 2.04. The van der Waals surface area contributed by atoms with Crippen LogP contribution >= 0.6 is 23.2 Å². The molecule has 0 heterocycles. The molecule has 0 fully saturated rings. The smallest absolute Gasteiger partial charge is 0.254 e. The molecule has 0 aliphatic rings. The largest absolute Gasteiger partial charge is 0.370 e. The van der Waals surface area contributed by atoms with Gasteiger partial charge in [-0.15, -0.1) is 0 Å². The third-order valence-electron chi connectivity index (χ3n) is 2.04. The van der Waals surface area contributed by atoms with Crippen LogP contribution in [0.1, 0.15) is 0 Å². The van der Waals surface area contributed by atoms with E-state index in [1.165, 1.54) is 19.2 Å². The lowest BCUT2D eigenvalue weighted by molar-refractivity contribution is -0.125. The van der Waals surface area contributed by atoms with Crippen molar-refractivity contribution in [1.82, 2.24) is 0 Å². The summed E-state index contributed by atoms with van der Waals surface area (Å²) in [6, 6.07) is 2.51. The van der Waals surface area contributed by atoms with Crippen LogP contribution in [0.4, 0.5) is 10.1 Å². The topological polar surface area (TPSA) is 64.3 Å². The molecule has 3 N–H and O–H groups in total. The number of methoxy groups -OCH3 is 1. The van der Waals surface area contributed by atoms with Gasteiger partial charge in [-0.2, -0.15) is 0 Å². The normalized spacial score (nSPS) is 12.3. The number of nitrogens with two attached hydrogens (primary N) is 1. The summed E-state index contributed by atoms with van der Waals surface area (Å²) in [6.07, 6.45) is -0.780. The molecule has 1 unspecified atom stereocenters. The van der Waals surface area contributed by atoms with Gasteiger partial charge in [0.15, 0.2) is 5.82 Å². The van der Waals surface area contributed by atoms with Gasteiger partial charge in [-0.25, -0.2) is 4.39 Å². The number of carbonyl (C=O) groups is 1. The molecule has 17 heavy (non-hydrogen) atoms. The van der Waals surface area contributed by atoms with Crippen molar-refractivity contribution >= 4 is 34.8 Å². The Morgan fingerprint density at radius 2 is 2.06 bits per heavy atom. The SMILES string of the molecule is COC(CN)C(=O)Nc1cc(Cl)c(F)c(Cl)c1. The van der Waals surface area contributed by atoms with E-state index in [0.29, 0.717) is 0 Å². The fourth-order valence-corrected chi connectivity index (χ4v) is 1.65. The Balaban J connectivity index is 2.85. The van der Waals surface area contributed by atoms with E-state index < -0.39 is 17.8 Å². The minimum Gasteiger partial charge on any atom is -0.370 e. The molecule has 1 atom stereocenters. The lowest BCUT2D eigenvalue weighted by Gasteiger charge is -2.13. The van der Waals surface area contributed by atoms with Gasteiger partial charge >= 0.3 is 0 Å². The number of amides is 1. The van der Waals surface area contributed by atoms with Crippen LogP contribution in [0, 0.1) is 5.82 Å². The van der Waals surface area contributed by atoms with Gasteiger partial charge in [-0.3, -0.25) is 4.79 Å². The quantitative estimate of drug-likeness (QED) is 0.830. The lowest BCUT2D eigenvalue weighted by atomic mass is 10.2. The Hall–Kier alpha value is -0.880. The van der Waals surface area contributed by atoms with Crippen LogP contribution in [0.25, 0.3) is 0 Å². The highest BCUT2D eigenvalue weighted by Gasteiger charge is 2.17. The molecule has 0 aromatic heterocycles. The highest BCUT2D eigenvalue weighted by molar-refractivity contribution is 6.35. The number of nitrogens with one attached hydrogen (secondary N) is 1. The lowest BCUT2D eigenvalue weighted by Crippen LogP contribution is -2.35. The first kappa shape index (κ1) is 14.2. The van der Waals surface area contributed by atoms with Gasteiger partial charge in [0, 0.05) is 19.3 Å². The molecule has 4 nitrogen and oxygen atoms in total. The number of benzene rings is 1. The van der Waals surface area contributed by atoms with Crippen LogP contribution in [0.2, 0.25) is 10.0 Å². The van der Waals surface area contributed by atoms with E-state index in [1.807, 2.05) is 0 Å². The predicted molar refractivity (Wildman–Crippen MR) is 64.9 cm³/mol. The van der Waals surface area contributed by atoms with Crippen molar-refractivity contribution < 1.29 is 13.9 Å². The van der Waals surface area contributed by atoms with Crippen LogP contribution in [-0.4, -0.2) is 25.7 Å². The van der Waals surface area contributed by atoms with Gasteiger partial charge in [-0.1, -0.05) is 23.2 Å². The molecule has 0 spiro atoms. The Morgan fingerprint density at radius 1 is 1.53 bits per heavy atom. The second-order valence-corrected chi connectivity index (χ2v) is 4.02. The summed E-state index contributed by atoms with van der Waals surface area (Å²) < 4.78 is 18.0. The highest BCUT2D eigenvalue weighted by Crippen LogP contribution is 2.27. The summed E-state index contributed by atoms with van der Waals surface area (Å²) in [5, 5.41) is 2.13. The summed E-state index contributed by atoms with van der Waals surface area (Å²) in [5.41, 5.74) is 5.60. The first-order chi connectivity index (χ1) is 7.99. The van der Waals surface area contributed by atoms with Gasteiger partial charge in [0.05, 0.1) is 10.0 Å². The zero-order chi connectivity index (χ0) is 13.0. The first-order valence-corrected chi connectivity index (χ1v) is 5.43. The van der Waals surface area contributed by atoms with Crippen molar-refractivity contribution in [3.63, 3.8) is 0 Å². The van der Waals surface area contributed by atoms with E-state index in [-0.39, 0.29) is 22.3 Å². The number of halogens is 3.